The fraction of sp³-hybridized carbons (Fsp3) is 0.533. The van der Waals surface area contributed by atoms with Gasteiger partial charge in [-0.1, -0.05) is 60.7 Å². The number of nitrogens with zero attached hydrogens (tertiary/aromatic N) is 2. The molecular formula is C30H48MgN4+2. The van der Waals surface area contributed by atoms with Crippen LogP contribution in [0.15, 0.2) is 60.7 Å². The Kier molecular flexibility index (Phi) is 12.7. The summed E-state index contributed by atoms with van der Waals surface area (Å²) < 4.78 is 0. The molecule has 0 fully saturated rings. The van der Waals surface area contributed by atoms with Crippen molar-refractivity contribution in [3.05, 3.63) is 82.4 Å². The molecule has 0 amide bonds. The van der Waals surface area contributed by atoms with E-state index in [4.69, 9.17) is 10.6 Å². The second-order valence-corrected chi connectivity index (χ2v) is 12.7. The van der Waals surface area contributed by atoms with Gasteiger partial charge >= 0.3 is 23.1 Å². The average Bonchev–Trinajstić information content (AvgIpc) is 2.64. The second-order valence-electron chi connectivity index (χ2n) is 12.7. The molecule has 0 saturated carbocycles. The summed E-state index contributed by atoms with van der Waals surface area (Å²) in [6, 6.07) is 20.6. The molecule has 5 heteroatoms. The molecule has 0 aliphatic rings. The minimum absolute atomic E-state index is 0. The van der Waals surface area contributed by atoms with Crippen molar-refractivity contribution in [2.45, 2.75) is 105 Å². The van der Waals surface area contributed by atoms with Gasteiger partial charge in [-0.15, -0.1) is 0 Å². The first-order valence-electron chi connectivity index (χ1n) is 12.2. The Labute approximate surface area is 231 Å². The van der Waals surface area contributed by atoms with E-state index in [9.17, 15) is 0 Å². The van der Waals surface area contributed by atoms with Gasteiger partial charge < -0.3 is 9.98 Å². The van der Waals surface area contributed by atoms with Crippen molar-refractivity contribution in [1.29, 1.82) is 0 Å². The number of nitrogens with one attached hydrogen (secondary N) is 2. The summed E-state index contributed by atoms with van der Waals surface area (Å²) in [4.78, 5) is 6.96. The summed E-state index contributed by atoms with van der Waals surface area (Å²) in [6.07, 6.45) is 0. The van der Waals surface area contributed by atoms with Gasteiger partial charge in [0.25, 0.3) is 0 Å². The predicted molar refractivity (Wildman–Crippen MR) is 155 cm³/mol. The van der Waals surface area contributed by atoms with Gasteiger partial charge in [0.1, 0.15) is 11.7 Å². The third kappa shape index (κ3) is 16.4. The van der Waals surface area contributed by atoms with Crippen molar-refractivity contribution in [1.82, 2.24) is 0 Å². The third-order valence-corrected chi connectivity index (χ3v) is 3.98. The molecule has 188 valence electrons. The Balaban J connectivity index is 0.000000642. The Morgan fingerprint density at radius 3 is 0.943 bits per heavy atom. The summed E-state index contributed by atoms with van der Waals surface area (Å²) in [5.41, 5.74) is 2.14. The van der Waals surface area contributed by atoms with Gasteiger partial charge in [-0.3, -0.25) is 10.6 Å². The van der Waals surface area contributed by atoms with E-state index in [1.807, 2.05) is 36.4 Å². The van der Waals surface area contributed by atoms with Crippen LogP contribution in [-0.4, -0.2) is 56.9 Å². The number of benzene rings is 2. The zero-order valence-electron chi connectivity index (χ0n) is 24.4. The maximum absolute atomic E-state index is 4.77. The molecule has 4 nitrogen and oxygen atoms in total. The van der Waals surface area contributed by atoms with Crippen LogP contribution < -0.4 is 9.98 Å². The van der Waals surface area contributed by atoms with E-state index in [1.54, 1.807) is 0 Å². The van der Waals surface area contributed by atoms with Crippen molar-refractivity contribution in [2.24, 2.45) is 0 Å². The van der Waals surface area contributed by atoms with Gasteiger partial charge in [0.05, 0.1) is 11.1 Å². The zero-order valence-corrected chi connectivity index (χ0v) is 25.8. The Morgan fingerprint density at radius 2 is 0.743 bits per heavy atom. The second kappa shape index (κ2) is 13.5. The van der Waals surface area contributed by atoms with Crippen LogP contribution in [0.25, 0.3) is 10.6 Å². The van der Waals surface area contributed by atoms with Crippen LogP contribution in [0.4, 0.5) is 0 Å². The van der Waals surface area contributed by atoms with Gasteiger partial charge in [0.15, 0.2) is 0 Å². The number of rotatable bonds is 2. The fourth-order valence-corrected chi connectivity index (χ4v) is 2.90. The Hall–Kier alpha value is -1.85. The van der Waals surface area contributed by atoms with Gasteiger partial charge in [0.2, 0.25) is 0 Å². The first kappa shape index (κ1) is 33.1. The summed E-state index contributed by atoms with van der Waals surface area (Å²) in [7, 11) is 0. The van der Waals surface area contributed by atoms with E-state index < -0.39 is 0 Å². The summed E-state index contributed by atoms with van der Waals surface area (Å²) >= 11 is 0. The molecule has 0 radical (unpaired) electrons. The molecule has 0 bridgehead atoms. The molecule has 2 rings (SSSR count). The van der Waals surface area contributed by atoms with Gasteiger partial charge in [-0.25, -0.2) is 0 Å². The molecule has 0 aromatic heterocycles. The van der Waals surface area contributed by atoms with E-state index in [2.05, 4.69) is 117 Å². The molecule has 0 aliphatic carbocycles. The van der Waals surface area contributed by atoms with Crippen molar-refractivity contribution in [3.63, 3.8) is 0 Å². The standard InChI is InChI=1S/2C15H23N2.Mg/c2*1-14(2,3)16-13(17-15(4,5)6)12-10-8-7-9-11-12;/h2*7-11H,1-6H3;/q2*-1;+2/p+2. The molecule has 35 heavy (non-hydrogen) atoms. The minimum atomic E-state index is -0.0799. The zero-order chi connectivity index (χ0) is 26.2. The molecule has 2 aromatic rings. The SMILES string of the molecule is CC(C)(C)[N-]C(=[NH+]C(C)(C)C)c1ccccc1.CC(C)(C)[N-]C(=[NH+]C(C)(C)C)c1ccccc1.[Mg+2]. The van der Waals surface area contributed by atoms with Gasteiger partial charge in [-0.05, 0) is 83.1 Å². The van der Waals surface area contributed by atoms with Crippen molar-refractivity contribution in [3.8, 4) is 0 Å². The van der Waals surface area contributed by atoms with Gasteiger partial charge in [0, 0.05) is 22.2 Å². The predicted octanol–water partition coefficient (Wildman–Crippen LogP) is 4.59. The summed E-state index contributed by atoms with van der Waals surface area (Å²) in [5.74, 6) is 1.93. The van der Waals surface area contributed by atoms with E-state index >= 15 is 0 Å². The molecule has 2 N–H and O–H groups in total. The first-order valence-corrected chi connectivity index (χ1v) is 12.2. The van der Waals surface area contributed by atoms with E-state index in [-0.39, 0.29) is 45.2 Å². The van der Waals surface area contributed by atoms with Crippen LogP contribution in [-0.2, 0) is 0 Å². The Bertz CT molecular complexity index is 841. The maximum atomic E-state index is 4.77. The monoisotopic (exact) mass is 488 g/mol. The smallest absolute Gasteiger partial charge is 0.365 e. The molecule has 0 aliphatic heterocycles. The molecule has 0 saturated heterocycles. The molecule has 2 aromatic carbocycles. The largest absolute Gasteiger partial charge is 2.00 e. The maximum Gasteiger partial charge on any atom is 2.00 e. The van der Waals surface area contributed by atoms with Crippen LogP contribution in [0.3, 0.4) is 0 Å². The van der Waals surface area contributed by atoms with E-state index in [1.165, 1.54) is 0 Å². The molecule has 0 spiro atoms. The van der Waals surface area contributed by atoms with Crippen LogP contribution in [0.2, 0.25) is 0 Å². The van der Waals surface area contributed by atoms with Crippen LogP contribution >= 0.6 is 0 Å². The first-order chi connectivity index (χ1) is 15.3. The van der Waals surface area contributed by atoms with Crippen LogP contribution in [0, 0.1) is 0 Å². The number of hydrogen-bond acceptors (Lipinski definition) is 0. The third-order valence-electron chi connectivity index (χ3n) is 3.98. The van der Waals surface area contributed by atoms with E-state index in [0.717, 1.165) is 22.8 Å². The average molecular weight is 489 g/mol. The topological polar surface area (TPSA) is 56.1 Å². The van der Waals surface area contributed by atoms with Crippen LogP contribution in [0.5, 0.6) is 0 Å². The minimum Gasteiger partial charge on any atom is -0.365 e. The molecular weight excluding hydrogens is 441 g/mol. The van der Waals surface area contributed by atoms with Crippen molar-refractivity contribution in [2.75, 3.05) is 0 Å². The fourth-order valence-electron chi connectivity index (χ4n) is 2.90. The van der Waals surface area contributed by atoms with Crippen molar-refractivity contribution >= 4 is 34.7 Å². The van der Waals surface area contributed by atoms with Gasteiger partial charge in [-0.2, -0.15) is 0 Å². The van der Waals surface area contributed by atoms with Crippen molar-refractivity contribution < 1.29 is 9.98 Å². The normalized spacial score (nSPS) is 13.3. The Morgan fingerprint density at radius 1 is 0.486 bits per heavy atom. The molecule has 0 atom stereocenters. The van der Waals surface area contributed by atoms with E-state index in [0.29, 0.717) is 0 Å². The molecule has 0 heterocycles. The summed E-state index contributed by atoms with van der Waals surface area (Å²) in [6.45, 7) is 25.5. The summed E-state index contributed by atoms with van der Waals surface area (Å²) in [5, 5.41) is 9.54. The quantitative estimate of drug-likeness (QED) is 0.353. The number of hydrogen-bond donors (Lipinski definition) is 2. The van der Waals surface area contributed by atoms with Crippen LogP contribution in [0.1, 0.15) is 94.2 Å². The number of amidine groups is 2. The molecule has 0 unspecified atom stereocenters.